The maximum absolute atomic E-state index is 11.8. The molecule has 1 aromatic rings. The molecule has 3 aliphatic rings. The van der Waals surface area contributed by atoms with E-state index >= 15 is 0 Å². The summed E-state index contributed by atoms with van der Waals surface area (Å²) in [5, 5.41) is 0. The van der Waals surface area contributed by atoms with Crippen LogP contribution in [0.4, 0.5) is 0 Å². The van der Waals surface area contributed by atoms with Crippen molar-refractivity contribution in [3.05, 3.63) is 23.3 Å². The molecule has 4 unspecified atom stereocenters. The minimum absolute atomic E-state index is 0.0286. The number of unbranched alkanes of at least 4 members (excludes halogenated alkanes) is 2. The summed E-state index contributed by atoms with van der Waals surface area (Å²) >= 11 is 0. The van der Waals surface area contributed by atoms with Gasteiger partial charge >= 0.3 is 5.97 Å². The van der Waals surface area contributed by atoms with E-state index in [1.165, 1.54) is 25.3 Å². The zero-order valence-corrected chi connectivity index (χ0v) is 17.3. The van der Waals surface area contributed by atoms with Gasteiger partial charge < -0.3 is 14.2 Å². The predicted octanol–water partition coefficient (Wildman–Crippen LogP) is 5.17. The molecule has 2 heterocycles. The number of carbonyl (C=O) groups is 1. The summed E-state index contributed by atoms with van der Waals surface area (Å²) in [5.74, 6) is 1.98. The lowest BCUT2D eigenvalue weighted by Crippen LogP contribution is -2.48. The summed E-state index contributed by atoms with van der Waals surface area (Å²) in [4.78, 5) is 11.8. The first-order chi connectivity index (χ1) is 12.7. The van der Waals surface area contributed by atoms with Crippen LogP contribution < -0.4 is 9.47 Å². The number of rotatable bonds is 5. The molecule has 0 spiro atoms. The van der Waals surface area contributed by atoms with E-state index in [9.17, 15) is 4.79 Å². The van der Waals surface area contributed by atoms with Gasteiger partial charge in [-0.15, -0.1) is 0 Å². The summed E-state index contributed by atoms with van der Waals surface area (Å²) in [6, 6.07) is 4.24. The fraction of sp³-hybridized carbons (Fsp3) is 0.696. The second kappa shape index (κ2) is 6.51. The lowest BCUT2D eigenvalue weighted by Gasteiger charge is -2.47. The molecule has 27 heavy (non-hydrogen) atoms. The van der Waals surface area contributed by atoms with E-state index in [-0.39, 0.29) is 17.2 Å². The molecule has 4 heteroatoms. The Morgan fingerprint density at radius 3 is 2.74 bits per heavy atom. The van der Waals surface area contributed by atoms with Gasteiger partial charge in [0, 0.05) is 24.3 Å². The molecule has 0 aromatic heterocycles. The third-order valence-corrected chi connectivity index (χ3v) is 6.74. The lowest BCUT2D eigenvalue weighted by molar-refractivity contribution is -0.132. The smallest absolute Gasteiger partial charge is 0.308 e. The van der Waals surface area contributed by atoms with Gasteiger partial charge in [0.1, 0.15) is 17.1 Å². The molecule has 4 atom stereocenters. The highest BCUT2D eigenvalue weighted by Gasteiger charge is 2.63. The molecule has 4 nitrogen and oxygen atoms in total. The minimum atomic E-state index is -0.271. The van der Waals surface area contributed by atoms with E-state index in [0.29, 0.717) is 23.7 Å². The van der Waals surface area contributed by atoms with Crippen molar-refractivity contribution in [2.24, 2.45) is 5.92 Å². The number of hydrogen-bond acceptors (Lipinski definition) is 4. The first kappa shape index (κ1) is 18.8. The molecule has 1 saturated heterocycles. The molecule has 1 aliphatic carbocycles. The highest BCUT2D eigenvalue weighted by atomic mass is 16.6. The number of carbonyl (C=O) groups excluding carboxylic acids is 1. The topological polar surface area (TPSA) is 48.1 Å². The number of benzene rings is 1. The van der Waals surface area contributed by atoms with Gasteiger partial charge in [-0.3, -0.25) is 4.79 Å². The maximum atomic E-state index is 11.8. The molecule has 4 rings (SSSR count). The molecular formula is C23H32O4. The summed E-state index contributed by atoms with van der Waals surface area (Å²) in [7, 11) is 0. The zero-order valence-electron chi connectivity index (χ0n) is 17.3. The van der Waals surface area contributed by atoms with Crippen molar-refractivity contribution < 1.29 is 19.0 Å². The lowest BCUT2D eigenvalue weighted by atomic mass is 9.64. The average Bonchev–Trinajstić information content (AvgIpc) is 3.22. The van der Waals surface area contributed by atoms with Gasteiger partial charge in [0.25, 0.3) is 0 Å². The van der Waals surface area contributed by atoms with Gasteiger partial charge in [-0.1, -0.05) is 19.8 Å². The van der Waals surface area contributed by atoms with Crippen molar-refractivity contribution >= 4 is 5.97 Å². The van der Waals surface area contributed by atoms with E-state index in [2.05, 4.69) is 39.8 Å². The standard InChI is InChI=1S/C23H32O4/c1-6-7-8-9-15-10-18(25-14(2)24)21-16-13-23(5)20(27-23)12-17(16)22(3,4)26-19(21)11-15/h10-11,16-17,20H,6-9,12-13H2,1-5H3. The largest absolute Gasteiger partial charge is 0.487 e. The van der Waals surface area contributed by atoms with Gasteiger partial charge in [-0.25, -0.2) is 0 Å². The van der Waals surface area contributed by atoms with Crippen LogP contribution in [0.25, 0.3) is 0 Å². The molecule has 0 N–H and O–H groups in total. The van der Waals surface area contributed by atoms with E-state index in [1.54, 1.807) is 0 Å². The molecule has 1 saturated carbocycles. The van der Waals surface area contributed by atoms with Gasteiger partial charge in [0.2, 0.25) is 0 Å². The maximum Gasteiger partial charge on any atom is 0.308 e. The van der Waals surface area contributed by atoms with Crippen LogP contribution in [-0.2, 0) is 16.0 Å². The Morgan fingerprint density at radius 2 is 2.04 bits per heavy atom. The second-order valence-electron chi connectivity index (χ2n) is 9.33. The van der Waals surface area contributed by atoms with Gasteiger partial charge in [0.15, 0.2) is 0 Å². The third-order valence-electron chi connectivity index (χ3n) is 6.74. The Bertz CT molecular complexity index is 753. The van der Waals surface area contributed by atoms with Crippen LogP contribution in [0, 0.1) is 5.92 Å². The Labute approximate surface area is 162 Å². The molecule has 2 fully saturated rings. The second-order valence-corrected chi connectivity index (χ2v) is 9.33. The van der Waals surface area contributed by atoms with Gasteiger partial charge in [-0.05, 0) is 64.2 Å². The van der Waals surface area contributed by atoms with Crippen LogP contribution in [0.5, 0.6) is 11.5 Å². The quantitative estimate of drug-likeness (QED) is 0.310. The molecule has 2 aliphatic heterocycles. The van der Waals surface area contributed by atoms with Crippen molar-refractivity contribution in [3.8, 4) is 11.5 Å². The monoisotopic (exact) mass is 372 g/mol. The normalized spacial score (nSPS) is 32.6. The molecule has 0 bridgehead atoms. The molecular weight excluding hydrogens is 340 g/mol. The zero-order chi connectivity index (χ0) is 19.4. The first-order valence-corrected chi connectivity index (χ1v) is 10.5. The van der Waals surface area contributed by atoms with E-state index in [0.717, 1.165) is 37.0 Å². The van der Waals surface area contributed by atoms with E-state index < -0.39 is 0 Å². The Kier molecular flexibility index (Phi) is 4.53. The van der Waals surface area contributed by atoms with Crippen molar-refractivity contribution in [1.82, 2.24) is 0 Å². The first-order valence-electron chi connectivity index (χ1n) is 10.5. The molecule has 0 amide bonds. The van der Waals surface area contributed by atoms with Crippen LogP contribution in [0.3, 0.4) is 0 Å². The fourth-order valence-corrected chi connectivity index (χ4v) is 5.24. The third kappa shape index (κ3) is 3.37. The number of esters is 1. The predicted molar refractivity (Wildman–Crippen MR) is 104 cm³/mol. The Morgan fingerprint density at radius 1 is 1.26 bits per heavy atom. The van der Waals surface area contributed by atoms with Crippen LogP contribution in [-0.4, -0.2) is 23.3 Å². The summed E-state index contributed by atoms with van der Waals surface area (Å²) in [6.07, 6.45) is 6.82. The number of ether oxygens (including phenoxy) is 3. The summed E-state index contributed by atoms with van der Waals surface area (Å²) in [5.41, 5.74) is 1.99. The summed E-state index contributed by atoms with van der Waals surface area (Å²) in [6.45, 7) is 10.3. The molecule has 0 radical (unpaired) electrons. The van der Waals surface area contributed by atoms with Crippen LogP contribution in [0.15, 0.2) is 12.1 Å². The fourth-order valence-electron chi connectivity index (χ4n) is 5.24. The summed E-state index contributed by atoms with van der Waals surface area (Å²) < 4.78 is 18.2. The molecule has 148 valence electrons. The Hall–Kier alpha value is -1.55. The van der Waals surface area contributed by atoms with Gasteiger partial charge in [-0.2, -0.15) is 0 Å². The van der Waals surface area contributed by atoms with Crippen LogP contribution in [0.2, 0.25) is 0 Å². The van der Waals surface area contributed by atoms with E-state index in [4.69, 9.17) is 14.2 Å². The Balaban J connectivity index is 1.75. The minimum Gasteiger partial charge on any atom is -0.487 e. The number of fused-ring (bicyclic) bond motifs is 4. The average molecular weight is 373 g/mol. The van der Waals surface area contributed by atoms with Crippen molar-refractivity contribution in [2.45, 2.75) is 96.4 Å². The molecule has 1 aromatic carbocycles. The van der Waals surface area contributed by atoms with Crippen LogP contribution in [0.1, 0.15) is 83.8 Å². The van der Waals surface area contributed by atoms with Crippen LogP contribution >= 0.6 is 0 Å². The highest BCUT2D eigenvalue weighted by Crippen LogP contribution is 2.62. The van der Waals surface area contributed by atoms with Crippen molar-refractivity contribution in [3.63, 3.8) is 0 Å². The number of hydrogen-bond donors (Lipinski definition) is 0. The van der Waals surface area contributed by atoms with Crippen molar-refractivity contribution in [1.29, 1.82) is 0 Å². The number of aryl methyl sites for hydroxylation is 1. The van der Waals surface area contributed by atoms with E-state index in [1.807, 2.05) is 0 Å². The SMILES string of the molecule is CCCCCc1cc(OC(C)=O)c2c(c1)OC(C)(C)C1CC3OC3(C)CC21. The van der Waals surface area contributed by atoms with Gasteiger partial charge in [0.05, 0.1) is 11.7 Å². The number of epoxide rings is 1. The highest BCUT2D eigenvalue weighted by molar-refractivity contribution is 5.71. The van der Waals surface area contributed by atoms with Crippen molar-refractivity contribution in [2.75, 3.05) is 0 Å².